The van der Waals surface area contributed by atoms with E-state index in [9.17, 15) is 8.78 Å². The van der Waals surface area contributed by atoms with E-state index in [1.54, 1.807) is 4.68 Å². The summed E-state index contributed by atoms with van der Waals surface area (Å²) in [5.41, 5.74) is 7.30. The zero-order chi connectivity index (χ0) is 13.3. The van der Waals surface area contributed by atoms with Gasteiger partial charge in [0.05, 0.1) is 5.69 Å². The van der Waals surface area contributed by atoms with E-state index in [0.717, 1.165) is 12.1 Å². The number of aromatic nitrogens is 3. The molecule has 0 saturated heterocycles. The van der Waals surface area contributed by atoms with Crippen LogP contribution in [0.5, 0.6) is 0 Å². The SMILES string of the molecule is CC(C)n1nnc(CN)c1-c1ccc(F)c(F)c1. The van der Waals surface area contributed by atoms with Gasteiger partial charge in [-0.1, -0.05) is 5.21 Å². The van der Waals surface area contributed by atoms with Gasteiger partial charge in [0, 0.05) is 18.2 Å². The van der Waals surface area contributed by atoms with Crippen LogP contribution in [-0.2, 0) is 6.54 Å². The summed E-state index contributed by atoms with van der Waals surface area (Å²) in [6.45, 7) is 4.05. The molecule has 0 aliphatic carbocycles. The molecule has 0 aliphatic rings. The van der Waals surface area contributed by atoms with Crippen molar-refractivity contribution >= 4 is 0 Å². The lowest BCUT2D eigenvalue weighted by molar-refractivity contribution is 0.506. The average molecular weight is 252 g/mol. The van der Waals surface area contributed by atoms with Crippen LogP contribution >= 0.6 is 0 Å². The topological polar surface area (TPSA) is 56.7 Å². The van der Waals surface area contributed by atoms with Gasteiger partial charge in [0.15, 0.2) is 11.6 Å². The zero-order valence-electron chi connectivity index (χ0n) is 10.2. The summed E-state index contributed by atoms with van der Waals surface area (Å²) in [4.78, 5) is 0. The number of hydrogen-bond donors (Lipinski definition) is 1. The molecule has 96 valence electrons. The highest BCUT2D eigenvalue weighted by molar-refractivity contribution is 5.62. The summed E-state index contributed by atoms with van der Waals surface area (Å²) >= 11 is 0. The van der Waals surface area contributed by atoms with Gasteiger partial charge in [-0.05, 0) is 32.0 Å². The van der Waals surface area contributed by atoms with Crippen molar-refractivity contribution in [3.8, 4) is 11.3 Å². The van der Waals surface area contributed by atoms with E-state index in [4.69, 9.17) is 5.73 Å². The van der Waals surface area contributed by atoms with Crippen LogP contribution in [0, 0.1) is 11.6 Å². The third-order valence-electron chi connectivity index (χ3n) is 2.64. The van der Waals surface area contributed by atoms with E-state index in [2.05, 4.69) is 10.3 Å². The average Bonchev–Trinajstić information content (AvgIpc) is 2.76. The van der Waals surface area contributed by atoms with Gasteiger partial charge in [-0.2, -0.15) is 0 Å². The molecular weight excluding hydrogens is 238 g/mol. The van der Waals surface area contributed by atoms with Gasteiger partial charge < -0.3 is 5.73 Å². The Morgan fingerprint density at radius 3 is 2.56 bits per heavy atom. The molecular formula is C12H14F2N4. The smallest absolute Gasteiger partial charge is 0.159 e. The predicted octanol–water partition coefficient (Wildman–Crippen LogP) is 2.26. The molecule has 0 spiro atoms. The van der Waals surface area contributed by atoms with Crippen LogP contribution in [-0.4, -0.2) is 15.0 Å². The molecule has 0 radical (unpaired) electrons. The molecule has 2 aromatic rings. The lowest BCUT2D eigenvalue weighted by Crippen LogP contribution is -2.07. The maximum absolute atomic E-state index is 13.3. The summed E-state index contributed by atoms with van der Waals surface area (Å²) in [5, 5.41) is 7.94. The molecule has 0 unspecified atom stereocenters. The summed E-state index contributed by atoms with van der Waals surface area (Å²) < 4.78 is 27.9. The lowest BCUT2D eigenvalue weighted by Gasteiger charge is -2.11. The third-order valence-corrected chi connectivity index (χ3v) is 2.64. The maximum atomic E-state index is 13.3. The largest absolute Gasteiger partial charge is 0.325 e. The van der Waals surface area contributed by atoms with E-state index in [1.807, 2.05) is 13.8 Å². The van der Waals surface area contributed by atoms with Crippen molar-refractivity contribution in [1.29, 1.82) is 0 Å². The van der Waals surface area contributed by atoms with Gasteiger partial charge in [0.1, 0.15) is 5.69 Å². The molecule has 0 bridgehead atoms. The van der Waals surface area contributed by atoms with Gasteiger partial charge >= 0.3 is 0 Å². The van der Waals surface area contributed by atoms with Gasteiger partial charge in [0.2, 0.25) is 0 Å². The van der Waals surface area contributed by atoms with Gasteiger partial charge in [-0.3, -0.25) is 0 Å². The molecule has 1 aromatic heterocycles. The normalized spacial score (nSPS) is 11.2. The summed E-state index contributed by atoms with van der Waals surface area (Å²) in [5.74, 6) is -1.77. The van der Waals surface area contributed by atoms with Gasteiger partial charge in [0.25, 0.3) is 0 Å². The van der Waals surface area contributed by atoms with Crippen LogP contribution in [0.25, 0.3) is 11.3 Å². The Bertz CT molecular complexity index is 563. The number of nitrogens with two attached hydrogens (primary N) is 1. The lowest BCUT2D eigenvalue weighted by atomic mass is 10.1. The fourth-order valence-corrected chi connectivity index (χ4v) is 1.77. The highest BCUT2D eigenvalue weighted by Crippen LogP contribution is 2.26. The summed E-state index contributed by atoms with van der Waals surface area (Å²) in [7, 11) is 0. The molecule has 0 amide bonds. The fourth-order valence-electron chi connectivity index (χ4n) is 1.77. The van der Waals surface area contributed by atoms with E-state index >= 15 is 0 Å². The molecule has 2 N–H and O–H groups in total. The van der Waals surface area contributed by atoms with Gasteiger partial charge in [-0.25, -0.2) is 13.5 Å². The van der Waals surface area contributed by atoms with E-state index in [0.29, 0.717) is 17.0 Å². The van der Waals surface area contributed by atoms with Crippen molar-refractivity contribution in [2.75, 3.05) is 0 Å². The maximum Gasteiger partial charge on any atom is 0.159 e. The summed E-state index contributed by atoms with van der Waals surface area (Å²) in [6, 6.07) is 3.77. The standard InChI is InChI=1S/C12H14F2N4/c1-7(2)18-12(11(6-15)16-17-18)8-3-4-9(13)10(14)5-8/h3-5,7H,6,15H2,1-2H3. The fraction of sp³-hybridized carbons (Fsp3) is 0.333. The quantitative estimate of drug-likeness (QED) is 0.911. The monoisotopic (exact) mass is 252 g/mol. The number of rotatable bonds is 3. The number of benzene rings is 1. The van der Waals surface area contributed by atoms with Crippen LogP contribution < -0.4 is 5.73 Å². The van der Waals surface area contributed by atoms with Crippen LogP contribution in [0.4, 0.5) is 8.78 Å². The van der Waals surface area contributed by atoms with E-state index in [-0.39, 0.29) is 12.6 Å². The molecule has 4 nitrogen and oxygen atoms in total. The third kappa shape index (κ3) is 2.11. The van der Waals surface area contributed by atoms with Crippen LogP contribution in [0.1, 0.15) is 25.6 Å². The van der Waals surface area contributed by atoms with E-state index in [1.165, 1.54) is 6.07 Å². The molecule has 0 aliphatic heterocycles. The van der Waals surface area contributed by atoms with E-state index < -0.39 is 11.6 Å². The van der Waals surface area contributed by atoms with Crippen LogP contribution in [0.2, 0.25) is 0 Å². The first-order valence-electron chi connectivity index (χ1n) is 5.64. The van der Waals surface area contributed by atoms with Crippen LogP contribution in [0.15, 0.2) is 18.2 Å². The van der Waals surface area contributed by atoms with Crippen molar-refractivity contribution in [3.63, 3.8) is 0 Å². The van der Waals surface area contributed by atoms with Crippen molar-refractivity contribution in [1.82, 2.24) is 15.0 Å². The Labute approximate surface area is 103 Å². The molecule has 0 atom stereocenters. The Morgan fingerprint density at radius 2 is 2.00 bits per heavy atom. The predicted molar refractivity (Wildman–Crippen MR) is 63.7 cm³/mol. The van der Waals surface area contributed by atoms with Gasteiger partial charge in [-0.15, -0.1) is 5.10 Å². The van der Waals surface area contributed by atoms with Crippen molar-refractivity contribution in [3.05, 3.63) is 35.5 Å². The molecule has 1 heterocycles. The first kappa shape index (κ1) is 12.6. The molecule has 18 heavy (non-hydrogen) atoms. The van der Waals surface area contributed by atoms with Crippen LogP contribution in [0.3, 0.4) is 0 Å². The minimum atomic E-state index is -0.896. The van der Waals surface area contributed by atoms with Crippen molar-refractivity contribution in [2.45, 2.75) is 26.4 Å². The zero-order valence-corrected chi connectivity index (χ0v) is 10.2. The Kier molecular flexibility index (Phi) is 3.38. The van der Waals surface area contributed by atoms with Crippen molar-refractivity contribution in [2.24, 2.45) is 5.73 Å². The minimum absolute atomic E-state index is 0.0564. The Hall–Kier alpha value is -1.82. The molecule has 6 heteroatoms. The Balaban J connectivity index is 2.61. The molecule has 1 aromatic carbocycles. The second-order valence-corrected chi connectivity index (χ2v) is 4.26. The molecule has 0 fully saturated rings. The first-order valence-corrected chi connectivity index (χ1v) is 5.64. The summed E-state index contributed by atoms with van der Waals surface area (Å²) in [6.07, 6.45) is 0. The van der Waals surface area contributed by atoms with Crippen molar-refractivity contribution < 1.29 is 8.78 Å². The number of hydrogen-bond acceptors (Lipinski definition) is 3. The highest BCUT2D eigenvalue weighted by Gasteiger charge is 2.17. The minimum Gasteiger partial charge on any atom is -0.325 e. The highest BCUT2D eigenvalue weighted by atomic mass is 19.2. The number of halogens is 2. The first-order chi connectivity index (χ1) is 8.54. The molecule has 0 saturated carbocycles. The number of nitrogens with zero attached hydrogens (tertiary/aromatic N) is 3. The second kappa shape index (κ2) is 4.81. The Morgan fingerprint density at radius 1 is 1.28 bits per heavy atom. The molecule has 2 rings (SSSR count). The second-order valence-electron chi connectivity index (χ2n) is 4.26.